The fourth-order valence-corrected chi connectivity index (χ4v) is 4.71. The Kier molecular flexibility index (Phi) is 7.25. The fraction of sp³-hybridized carbons (Fsp3) is 0.429. The summed E-state index contributed by atoms with van der Waals surface area (Å²) in [4.78, 5) is 27.6. The first-order chi connectivity index (χ1) is 16.4. The van der Waals surface area contributed by atoms with E-state index in [9.17, 15) is 14.7 Å². The third-order valence-electron chi connectivity index (χ3n) is 6.39. The van der Waals surface area contributed by atoms with E-state index >= 15 is 0 Å². The first-order valence-electron chi connectivity index (χ1n) is 12.3. The van der Waals surface area contributed by atoms with Gasteiger partial charge in [0.2, 0.25) is 0 Å². The fourth-order valence-electron chi connectivity index (χ4n) is 4.71. The summed E-state index contributed by atoms with van der Waals surface area (Å²) < 4.78 is 11.6. The molecular weight excluding hydrogens is 430 g/mol. The zero-order valence-electron chi connectivity index (χ0n) is 20.2. The number of carbonyl (C=O) groups excluding carboxylic acids is 2. The highest BCUT2D eigenvalue weighted by molar-refractivity contribution is 6.46. The van der Waals surface area contributed by atoms with Crippen LogP contribution in [0, 0.1) is 0 Å². The summed E-state index contributed by atoms with van der Waals surface area (Å²) in [5, 5.41) is 11.3. The number of hydrogen-bond donors (Lipinski definition) is 1. The van der Waals surface area contributed by atoms with E-state index in [1.807, 2.05) is 50.2 Å². The maximum Gasteiger partial charge on any atom is 0.295 e. The summed E-state index contributed by atoms with van der Waals surface area (Å²) in [6.45, 7) is 7.19. The quantitative estimate of drug-likeness (QED) is 0.233. The smallest absolute Gasteiger partial charge is 0.295 e. The Bertz CT molecular complexity index is 1090. The highest BCUT2D eigenvalue weighted by Gasteiger charge is 2.45. The van der Waals surface area contributed by atoms with Crippen molar-refractivity contribution in [2.45, 2.75) is 65.0 Å². The minimum Gasteiger partial charge on any atom is -0.507 e. The van der Waals surface area contributed by atoms with Crippen LogP contribution in [-0.4, -0.2) is 41.0 Å². The van der Waals surface area contributed by atoms with Crippen LogP contribution in [-0.2, 0) is 16.0 Å². The lowest BCUT2D eigenvalue weighted by Crippen LogP contribution is -2.30. The monoisotopic (exact) mass is 463 g/mol. The zero-order valence-corrected chi connectivity index (χ0v) is 20.2. The van der Waals surface area contributed by atoms with Crippen molar-refractivity contribution in [3.63, 3.8) is 0 Å². The Balaban J connectivity index is 1.68. The van der Waals surface area contributed by atoms with E-state index in [1.165, 1.54) is 0 Å². The molecule has 6 heteroatoms. The van der Waals surface area contributed by atoms with Crippen LogP contribution in [0.25, 0.3) is 5.76 Å². The molecule has 0 bridgehead atoms. The third kappa shape index (κ3) is 4.67. The average Bonchev–Trinajstić information content (AvgIpc) is 3.33. The molecule has 0 spiro atoms. The van der Waals surface area contributed by atoms with Gasteiger partial charge < -0.3 is 19.5 Å². The van der Waals surface area contributed by atoms with Gasteiger partial charge in [0.05, 0.1) is 18.2 Å². The molecule has 1 N–H and O–H groups in total. The van der Waals surface area contributed by atoms with Crippen molar-refractivity contribution in [3.8, 4) is 11.5 Å². The molecule has 0 aromatic heterocycles. The number of rotatable bonds is 9. The Morgan fingerprint density at radius 3 is 2.56 bits per heavy atom. The van der Waals surface area contributed by atoms with E-state index < -0.39 is 17.7 Å². The van der Waals surface area contributed by atoms with Crippen LogP contribution in [0.4, 0.5) is 0 Å². The Hall–Kier alpha value is -3.28. The first kappa shape index (κ1) is 23.9. The molecule has 2 aromatic rings. The van der Waals surface area contributed by atoms with Crippen molar-refractivity contribution in [1.29, 1.82) is 0 Å². The molecule has 1 fully saturated rings. The van der Waals surface area contributed by atoms with Gasteiger partial charge in [0.1, 0.15) is 23.4 Å². The van der Waals surface area contributed by atoms with Gasteiger partial charge in [0, 0.05) is 18.5 Å². The number of benzene rings is 2. The second-order valence-corrected chi connectivity index (χ2v) is 9.07. The van der Waals surface area contributed by atoms with Crippen molar-refractivity contribution in [3.05, 3.63) is 64.7 Å². The van der Waals surface area contributed by atoms with Crippen LogP contribution in [0.5, 0.6) is 11.5 Å². The number of likely N-dealkylation sites (tertiary alicyclic amines) is 1. The lowest BCUT2D eigenvalue weighted by Gasteiger charge is -2.25. The van der Waals surface area contributed by atoms with Gasteiger partial charge in [-0.3, -0.25) is 9.59 Å². The maximum atomic E-state index is 13.1. The van der Waals surface area contributed by atoms with E-state index in [1.54, 1.807) is 11.0 Å². The zero-order chi connectivity index (χ0) is 24.2. The molecule has 2 aliphatic heterocycles. The molecule has 0 radical (unpaired) electrons. The van der Waals surface area contributed by atoms with Crippen molar-refractivity contribution in [2.24, 2.45) is 0 Å². The minimum absolute atomic E-state index is 0.0743. The second kappa shape index (κ2) is 10.3. The number of Topliss-reactive ketones (excluding diaryl/α,β-unsaturated/α-hetero) is 1. The molecule has 2 atom stereocenters. The van der Waals surface area contributed by atoms with E-state index in [2.05, 4.69) is 6.92 Å². The molecule has 180 valence electrons. The van der Waals surface area contributed by atoms with E-state index in [-0.39, 0.29) is 17.4 Å². The summed E-state index contributed by atoms with van der Waals surface area (Å²) in [5.41, 5.74) is 2.41. The molecule has 34 heavy (non-hydrogen) atoms. The Morgan fingerprint density at radius 1 is 1.09 bits per heavy atom. The van der Waals surface area contributed by atoms with Crippen LogP contribution in [0.2, 0.25) is 0 Å². The number of ether oxygens (including phenoxy) is 2. The molecule has 1 amide bonds. The number of aliphatic hydroxyl groups excluding tert-OH is 1. The molecule has 2 aromatic carbocycles. The van der Waals surface area contributed by atoms with Gasteiger partial charge in [0.25, 0.3) is 11.7 Å². The van der Waals surface area contributed by atoms with Gasteiger partial charge in [0.15, 0.2) is 0 Å². The maximum absolute atomic E-state index is 13.1. The minimum atomic E-state index is -0.652. The van der Waals surface area contributed by atoms with Gasteiger partial charge in [-0.1, -0.05) is 38.8 Å². The standard InChI is InChI=1S/C28H33NO5/c1-4-6-7-15-33-22-11-8-19(9-12-22)25-24(27(31)28(32)29(25)14-5-2)26(30)20-10-13-23-21(17-20)16-18(3)34-23/h8-13,17-18,25,30H,4-7,14-16H2,1-3H3/b26-24-. The van der Waals surface area contributed by atoms with Gasteiger partial charge in [-0.05, 0) is 61.2 Å². The molecule has 2 aliphatic rings. The number of ketones is 1. The largest absolute Gasteiger partial charge is 0.507 e. The van der Waals surface area contributed by atoms with E-state index in [0.29, 0.717) is 25.1 Å². The molecule has 0 saturated carbocycles. The lowest BCUT2D eigenvalue weighted by molar-refractivity contribution is -0.139. The summed E-state index contributed by atoms with van der Waals surface area (Å²) in [5.74, 6) is 0.165. The highest BCUT2D eigenvalue weighted by atomic mass is 16.5. The van der Waals surface area contributed by atoms with Gasteiger partial charge in [-0.2, -0.15) is 0 Å². The number of fused-ring (bicyclic) bond motifs is 1. The van der Waals surface area contributed by atoms with E-state index in [4.69, 9.17) is 9.47 Å². The summed E-state index contributed by atoms with van der Waals surface area (Å²) in [7, 11) is 0. The summed E-state index contributed by atoms with van der Waals surface area (Å²) in [6, 6.07) is 12.2. The van der Waals surface area contributed by atoms with Crippen molar-refractivity contribution >= 4 is 17.4 Å². The number of unbranched alkanes of at least 4 members (excludes halogenated alkanes) is 2. The van der Waals surface area contributed by atoms with Gasteiger partial charge in [-0.25, -0.2) is 0 Å². The highest BCUT2D eigenvalue weighted by Crippen LogP contribution is 2.41. The van der Waals surface area contributed by atoms with Crippen LogP contribution in [0.3, 0.4) is 0 Å². The average molecular weight is 464 g/mol. The predicted octanol–water partition coefficient (Wildman–Crippen LogP) is 5.41. The van der Waals surface area contributed by atoms with Crippen LogP contribution < -0.4 is 9.47 Å². The molecule has 4 rings (SSSR count). The summed E-state index contributed by atoms with van der Waals surface area (Å²) >= 11 is 0. The van der Waals surface area contributed by atoms with Crippen LogP contribution in [0.15, 0.2) is 48.0 Å². The third-order valence-corrected chi connectivity index (χ3v) is 6.39. The number of nitrogens with zero attached hydrogens (tertiary/aromatic N) is 1. The Morgan fingerprint density at radius 2 is 1.85 bits per heavy atom. The predicted molar refractivity (Wildman–Crippen MR) is 131 cm³/mol. The summed E-state index contributed by atoms with van der Waals surface area (Å²) in [6.07, 6.45) is 4.77. The SMILES string of the molecule is CCCCCOc1ccc(C2/C(=C(/O)c3ccc4c(c3)CC(C)O4)C(=O)C(=O)N2CCC)cc1. The molecule has 2 unspecified atom stereocenters. The first-order valence-corrected chi connectivity index (χ1v) is 12.3. The van der Waals surface area contributed by atoms with Crippen molar-refractivity contribution < 1.29 is 24.2 Å². The Labute approximate surface area is 201 Å². The van der Waals surface area contributed by atoms with Crippen molar-refractivity contribution in [1.82, 2.24) is 4.90 Å². The lowest BCUT2D eigenvalue weighted by atomic mass is 9.94. The number of hydrogen-bond acceptors (Lipinski definition) is 5. The second-order valence-electron chi connectivity index (χ2n) is 9.07. The number of amides is 1. The number of aliphatic hydroxyl groups is 1. The van der Waals surface area contributed by atoms with Crippen molar-refractivity contribution in [2.75, 3.05) is 13.2 Å². The van der Waals surface area contributed by atoms with Crippen LogP contribution >= 0.6 is 0 Å². The molecule has 0 aliphatic carbocycles. The normalized spacial score (nSPS) is 21.0. The van der Waals surface area contributed by atoms with E-state index in [0.717, 1.165) is 48.3 Å². The molecular formula is C28H33NO5. The molecule has 2 heterocycles. The molecule has 1 saturated heterocycles. The van der Waals surface area contributed by atoms with Gasteiger partial charge in [-0.15, -0.1) is 0 Å². The topological polar surface area (TPSA) is 76.1 Å². The van der Waals surface area contributed by atoms with Crippen LogP contribution in [0.1, 0.15) is 69.2 Å². The number of carbonyl (C=O) groups is 2. The van der Waals surface area contributed by atoms with Gasteiger partial charge >= 0.3 is 0 Å². The molecule has 6 nitrogen and oxygen atoms in total.